The Labute approximate surface area is 133 Å². The van der Waals surface area contributed by atoms with Gasteiger partial charge < -0.3 is 20.5 Å². The second-order valence-corrected chi connectivity index (χ2v) is 5.53. The van der Waals surface area contributed by atoms with E-state index in [-0.39, 0.29) is 23.9 Å². The van der Waals surface area contributed by atoms with Gasteiger partial charge >= 0.3 is 0 Å². The summed E-state index contributed by atoms with van der Waals surface area (Å²) < 4.78 is 24.1. The average molecular weight is 400 g/mol. The highest BCUT2D eigenvalue weighted by atomic mass is 127. The van der Waals surface area contributed by atoms with Crippen molar-refractivity contribution in [2.75, 3.05) is 17.8 Å². The summed E-state index contributed by atoms with van der Waals surface area (Å²) in [6.07, 6.45) is 0. The Hall–Kier alpha value is -2.03. The van der Waals surface area contributed by atoms with Crippen LogP contribution in [0.25, 0.3) is 0 Å². The predicted molar refractivity (Wildman–Crippen MR) is 84.0 cm³/mol. The number of nitrogen functional groups attached to an aromatic ring is 1. The van der Waals surface area contributed by atoms with Crippen molar-refractivity contribution >= 4 is 39.9 Å². The van der Waals surface area contributed by atoms with Crippen molar-refractivity contribution in [1.29, 1.82) is 0 Å². The fourth-order valence-electron chi connectivity index (χ4n) is 1.93. The van der Waals surface area contributed by atoms with Gasteiger partial charge in [0.1, 0.15) is 5.82 Å². The number of anilines is 2. The molecule has 0 fully saturated rings. The van der Waals surface area contributed by atoms with Crippen molar-refractivity contribution in [3.63, 3.8) is 0 Å². The van der Waals surface area contributed by atoms with Crippen molar-refractivity contribution in [1.82, 2.24) is 0 Å². The van der Waals surface area contributed by atoms with E-state index in [4.69, 9.17) is 15.2 Å². The minimum Gasteiger partial charge on any atom is -0.454 e. The lowest BCUT2D eigenvalue weighted by Gasteiger charge is -2.10. The van der Waals surface area contributed by atoms with E-state index in [0.717, 1.165) is 0 Å². The predicted octanol–water partition coefficient (Wildman–Crippen LogP) is 2.99. The number of hydrogen-bond donors (Lipinski definition) is 2. The van der Waals surface area contributed by atoms with Crippen LogP contribution in [0.5, 0.6) is 11.5 Å². The third-order valence-corrected chi connectivity index (χ3v) is 3.86. The quantitative estimate of drug-likeness (QED) is 0.601. The zero-order valence-electron chi connectivity index (χ0n) is 10.7. The Kier molecular flexibility index (Phi) is 3.58. The maximum atomic E-state index is 13.1. The van der Waals surface area contributed by atoms with Crippen LogP contribution < -0.4 is 20.5 Å². The molecule has 21 heavy (non-hydrogen) atoms. The van der Waals surface area contributed by atoms with Crippen LogP contribution in [0.15, 0.2) is 30.3 Å². The van der Waals surface area contributed by atoms with E-state index in [1.807, 2.05) is 22.6 Å². The minimum absolute atomic E-state index is 0.107. The Morgan fingerprint density at radius 3 is 2.67 bits per heavy atom. The molecule has 0 bridgehead atoms. The normalized spacial score (nSPS) is 12.3. The summed E-state index contributed by atoms with van der Waals surface area (Å²) in [7, 11) is 0. The highest BCUT2D eigenvalue weighted by molar-refractivity contribution is 14.1. The molecule has 0 radical (unpaired) electrons. The van der Waals surface area contributed by atoms with Crippen LogP contribution >= 0.6 is 22.6 Å². The summed E-state index contributed by atoms with van der Waals surface area (Å²) in [5.41, 5.74) is 6.93. The van der Waals surface area contributed by atoms with E-state index in [9.17, 15) is 9.18 Å². The first-order chi connectivity index (χ1) is 10.0. The molecule has 0 aromatic heterocycles. The van der Waals surface area contributed by atoms with Crippen LogP contribution in [0.3, 0.4) is 0 Å². The van der Waals surface area contributed by atoms with Crippen LogP contribution in [0.2, 0.25) is 0 Å². The molecule has 0 unspecified atom stereocenters. The molecule has 3 N–H and O–H groups in total. The topological polar surface area (TPSA) is 73.6 Å². The summed E-state index contributed by atoms with van der Waals surface area (Å²) in [6, 6.07) is 7.19. The lowest BCUT2D eigenvalue weighted by molar-refractivity contribution is 0.102. The van der Waals surface area contributed by atoms with Crippen LogP contribution in [0.4, 0.5) is 15.8 Å². The SMILES string of the molecule is Nc1cc2c(cc1C(=O)Nc1ccc(F)cc1I)OCO2. The van der Waals surface area contributed by atoms with Gasteiger partial charge in [-0.05, 0) is 46.9 Å². The molecule has 0 atom stereocenters. The molecule has 5 nitrogen and oxygen atoms in total. The number of hydrogen-bond acceptors (Lipinski definition) is 4. The van der Waals surface area contributed by atoms with Gasteiger partial charge in [-0.2, -0.15) is 0 Å². The zero-order valence-corrected chi connectivity index (χ0v) is 12.8. The third kappa shape index (κ3) is 2.73. The molecule has 3 rings (SSSR count). The van der Waals surface area contributed by atoms with Crippen LogP contribution in [0.1, 0.15) is 10.4 Å². The molecule has 0 spiro atoms. The van der Waals surface area contributed by atoms with Gasteiger partial charge in [0, 0.05) is 15.3 Å². The van der Waals surface area contributed by atoms with E-state index in [2.05, 4.69) is 5.32 Å². The molecule has 2 aromatic carbocycles. The van der Waals surface area contributed by atoms with Gasteiger partial charge in [-0.3, -0.25) is 4.79 Å². The van der Waals surface area contributed by atoms with Gasteiger partial charge in [-0.15, -0.1) is 0 Å². The van der Waals surface area contributed by atoms with Gasteiger partial charge in [-0.25, -0.2) is 4.39 Å². The third-order valence-electron chi connectivity index (χ3n) is 2.97. The molecule has 1 heterocycles. The molecule has 1 aliphatic rings. The van der Waals surface area contributed by atoms with Gasteiger partial charge in [0.15, 0.2) is 11.5 Å². The van der Waals surface area contributed by atoms with E-state index < -0.39 is 5.91 Å². The average Bonchev–Trinajstić information content (AvgIpc) is 2.88. The van der Waals surface area contributed by atoms with Gasteiger partial charge in [0.2, 0.25) is 6.79 Å². The molecule has 1 amide bonds. The highest BCUT2D eigenvalue weighted by Crippen LogP contribution is 2.36. The second kappa shape index (κ2) is 5.40. The number of carbonyl (C=O) groups excluding carboxylic acids is 1. The lowest BCUT2D eigenvalue weighted by atomic mass is 10.1. The van der Waals surface area contributed by atoms with Crippen molar-refractivity contribution in [3.8, 4) is 11.5 Å². The number of amides is 1. The maximum Gasteiger partial charge on any atom is 0.257 e. The standard InChI is InChI=1S/C14H10FIN2O3/c15-7-1-2-11(9(16)3-7)18-14(19)8-4-12-13(5-10(8)17)21-6-20-12/h1-5H,6,17H2,(H,18,19). The Bertz CT molecular complexity index is 736. The molecular formula is C14H10FIN2O3. The molecule has 1 aliphatic heterocycles. The molecule has 2 aromatic rings. The Morgan fingerprint density at radius 2 is 1.95 bits per heavy atom. The molecule has 0 aliphatic carbocycles. The van der Waals surface area contributed by atoms with Crippen LogP contribution in [-0.2, 0) is 0 Å². The monoisotopic (exact) mass is 400 g/mol. The first-order valence-electron chi connectivity index (χ1n) is 6.00. The zero-order chi connectivity index (χ0) is 15.0. The molecule has 0 saturated carbocycles. The van der Waals surface area contributed by atoms with E-state index >= 15 is 0 Å². The molecule has 0 saturated heterocycles. The number of ether oxygens (including phenoxy) is 2. The van der Waals surface area contributed by atoms with Crippen molar-refractivity contribution in [3.05, 3.63) is 45.3 Å². The first-order valence-corrected chi connectivity index (χ1v) is 7.08. The largest absolute Gasteiger partial charge is 0.454 e. The van der Waals surface area contributed by atoms with E-state index in [1.54, 1.807) is 6.07 Å². The number of nitrogens with one attached hydrogen (secondary N) is 1. The lowest BCUT2D eigenvalue weighted by Crippen LogP contribution is -2.15. The highest BCUT2D eigenvalue weighted by Gasteiger charge is 2.20. The number of nitrogens with two attached hydrogens (primary N) is 1. The summed E-state index contributed by atoms with van der Waals surface area (Å²) in [6.45, 7) is 0.107. The fourth-order valence-corrected chi connectivity index (χ4v) is 2.55. The van der Waals surface area contributed by atoms with Crippen molar-refractivity contribution in [2.45, 2.75) is 0 Å². The fraction of sp³-hybridized carbons (Fsp3) is 0.0714. The Balaban J connectivity index is 1.89. The van der Waals surface area contributed by atoms with Gasteiger partial charge in [0.05, 0.1) is 11.3 Å². The molecule has 7 heteroatoms. The van der Waals surface area contributed by atoms with Crippen molar-refractivity contribution in [2.24, 2.45) is 0 Å². The molecular weight excluding hydrogens is 390 g/mol. The number of halogens is 2. The van der Waals surface area contributed by atoms with Crippen LogP contribution in [-0.4, -0.2) is 12.7 Å². The van der Waals surface area contributed by atoms with E-state index in [1.165, 1.54) is 24.3 Å². The minimum atomic E-state index is -0.393. The first kappa shape index (κ1) is 13.9. The number of rotatable bonds is 2. The second-order valence-electron chi connectivity index (χ2n) is 4.37. The number of fused-ring (bicyclic) bond motifs is 1. The number of carbonyl (C=O) groups is 1. The van der Waals surface area contributed by atoms with Gasteiger partial charge in [-0.1, -0.05) is 0 Å². The van der Waals surface area contributed by atoms with Crippen LogP contribution in [0, 0.1) is 9.39 Å². The van der Waals surface area contributed by atoms with Gasteiger partial charge in [0.25, 0.3) is 5.91 Å². The number of benzene rings is 2. The molecule has 108 valence electrons. The Morgan fingerprint density at radius 1 is 1.24 bits per heavy atom. The maximum absolute atomic E-state index is 13.1. The summed E-state index contributed by atoms with van der Waals surface area (Å²) >= 11 is 1.95. The van der Waals surface area contributed by atoms with E-state index in [0.29, 0.717) is 20.8 Å². The summed E-state index contributed by atoms with van der Waals surface area (Å²) in [4.78, 5) is 12.3. The summed E-state index contributed by atoms with van der Waals surface area (Å²) in [5.74, 6) is 0.235. The van der Waals surface area contributed by atoms with Crippen molar-refractivity contribution < 1.29 is 18.7 Å². The summed E-state index contributed by atoms with van der Waals surface area (Å²) in [5, 5.41) is 2.70. The smallest absolute Gasteiger partial charge is 0.257 e.